The topological polar surface area (TPSA) is 52.7 Å². The Balaban J connectivity index is 1.49. The first kappa shape index (κ1) is 17.9. The minimum Gasteiger partial charge on any atom is -0.342 e. The Morgan fingerprint density at radius 2 is 1.76 bits per heavy atom. The molecule has 0 saturated carbocycles. The van der Waals surface area contributed by atoms with Crippen molar-refractivity contribution < 1.29 is 14.0 Å². The predicted molar refractivity (Wildman–Crippen MR) is 94.6 cm³/mol. The van der Waals surface area contributed by atoms with E-state index in [9.17, 15) is 14.0 Å². The van der Waals surface area contributed by atoms with Gasteiger partial charge in [-0.2, -0.15) is 0 Å². The van der Waals surface area contributed by atoms with Crippen molar-refractivity contribution in [1.82, 2.24) is 9.80 Å². The van der Waals surface area contributed by atoms with Crippen LogP contribution in [0, 0.1) is 11.7 Å². The van der Waals surface area contributed by atoms with E-state index in [4.69, 9.17) is 0 Å². The van der Waals surface area contributed by atoms with Gasteiger partial charge in [0, 0.05) is 25.3 Å². The summed E-state index contributed by atoms with van der Waals surface area (Å²) in [6, 6.07) is 5.74. The first-order valence-corrected chi connectivity index (χ1v) is 9.18. The number of hydrogen-bond donors (Lipinski definition) is 1. The molecule has 25 heavy (non-hydrogen) atoms. The molecule has 1 N–H and O–H groups in total. The van der Waals surface area contributed by atoms with E-state index >= 15 is 0 Å². The molecule has 2 fully saturated rings. The average Bonchev–Trinajstić information content (AvgIpc) is 2.64. The summed E-state index contributed by atoms with van der Waals surface area (Å²) in [6.45, 7) is 3.49. The van der Waals surface area contributed by atoms with Crippen molar-refractivity contribution in [3.05, 3.63) is 30.1 Å². The minimum absolute atomic E-state index is 0.00507. The van der Waals surface area contributed by atoms with Crippen molar-refractivity contribution >= 4 is 17.5 Å². The molecule has 2 amide bonds. The van der Waals surface area contributed by atoms with Crippen molar-refractivity contribution in [2.45, 2.75) is 32.1 Å². The smallest absolute Gasteiger partial charge is 0.238 e. The van der Waals surface area contributed by atoms with E-state index < -0.39 is 0 Å². The third-order valence-corrected chi connectivity index (χ3v) is 5.02. The lowest BCUT2D eigenvalue weighted by atomic mass is 9.95. The lowest BCUT2D eigenvalue weighted by molar-refractivity contribution is -0.138. The average molecular weight is 347 g/mol. The number of benzene rings is 1. The van der Waals surface area contributed by atoms with Gasteiger partial charge in [0.15, 0.2) is 0 Å². The Labute approximate surface area is 148 Å². The largest absolute Gasteiger partial charge is 0.342 e. The third kappa shape index (κ3) is 5.01. The predicted octanol–water partition coefficient (Wildman–Crippen LogP) is 2.49. The Morgan fingerprint density at radius 1 is 1.04 bits per heavy atom. The molecular weight excluding hydrogens is 321 g/mol. The monoisotopic (exact) mass is 347 g/mol. The fourth-order valence-corrected chi connectivity index (χ4v) is 3.71. The van der Waals surface area contributed by atoms with Gasteiger partial charge >= 0.3 is 0 Å². The number of piperidine rings is 2. The molecular formula is C19H26FN3O2. The molecule has 2 aliphatic rings. The molecule has 2 aliphatic heterocycles. The first-order chi connectivity index (χ1) is 12.1. The fraction of sp³-hybridized carbons (Fsp3) is 0.579. The van der Waals surface area contributed by atoms with Crippen molar-refractivity contribution in [3.8, 4) is 0 Å². The van der Waals surface area contributed by atoms with Crippen LogP contribution in [0.3, 0.4) is 0 Å². The Hall–Kier alpha value is -1.95. The van der Waals surface area contributed by atoms with Crippen molar-refractivity contribution in [1.29, 1.82) is 0 Å². The summed E-state index contributed by atoms with van der Waals surface area (Å²) < 4.78 is 12.9. The number of amides is 2. The SMILES string of the molecule is O=C(CN1CCCC(C(=O)N2CCCCC2)C1)Nc1ccc(F)cc1. The first-order valence-electron chi connectivity index (χ1n) is 9.18. The van der Waals surface area contributed by atoms with Crippen LogP contribution in [0.15, 0.2) is 24.3 Å². The van der Waals surface area contributed by atoms with E-state index in [-0.39, 0.29) is 30.1 Å². The molecule has 0 spiro atoms. The summed E-state index contributed by atoms with van der Waals surface area (Å²) >= 11 is 0. The minimum atomic E-state index is -0.326. The number of likely N-dealkylation sites (tertiary alicyclic amines) is 2. The zero-order chi connectivity index (χ0) is 17.6. The second-order valence-electron chi connectivity index (χ2n) is 7.02. The van der Waals surface area contributed by atoms with Gasteiger partial charge in [0.25, 0.3) is 0 Å². The molecule has 2 heterocycles. The van der Waals surface area contributed by atoms with Crippen molar-refractivity contribution in [3.63, 3.8) is 0 Å². The van der Waals surface area contributed by atoms with E-state index in [1.807, 2.05) is 4.90 Å². The van der Waals surface area contributed by atoms with Gasteiger partial charge in [-0.1, -0.05) is 0 Å². The van der Waals surface area contributed by atoms with Crippen LogP contribution in [-0.4, -0.2) is 54.3 Å². The molecule has 3 rings (SSSR count). The fourth-order valence-electron chi connectivity index (χ4n) is 3.71. The highest BCUT2D eigenvalue weighted by molar-refractivity contribution is 5.92. The highest BCUT2D eigenvalue weighted by atomic mass is 19.1. The molecule has 0 aliphatic carbocycles. The van der Waals surface area contributed by atoms with Crippen LogP contribution in [-0.2, 0) is 9.59 Å². The number of hydrogen-bond acceptors (Lipinski definition) is 3. The maximum atomic E-state index is 12.9. The van der Waals surface area contributed by atoms with Gasteiger partial charge in [-0.3, -0.25) is 14.5 Å². The number of carbonyl (C=O) groups is 2. The molecule has 5 nitrogen and oxygen atoms in total. The second-order valence-corrected chi connectivity index (χ2v) is 7.02. The standard InChI is InChI=1S/C19H26FN3O2/c20-16-6-8-17(9-7-16)21-18(24)14-22-10-4-5-15(13-22)19(25)23-11-2-1-3-12-23/h6-9,15H,1-5,10-14H2,(H,21,24). The van der Waals surface area contributed by atoms with Gasteiger partial charge in [-0.15, -0.1) is 0 Å². The lowest BCUT2D eigenvalue weighted by Gasteiger charge is -2.36. The number of halogens is 1. The highest BCUT2D eigenvalue weighted by Crippen LogP contribution is 2.21. The van der Waals surface area contributed by atoms with Gasteiger partial charge in [-0.25, -0.2) is 4.39 Å². The second kappa shape index (κ2) is 8.43. The normalized spacial score (nSPS) is 21.8. The Kier molecular flexibility index (Phi) is 6.02. The molecule has 0 aromatic heterocycles. The molecule has 0 radical (unpaired) electrons. The van der Waals surface area contributed by atoms with E-state index in [2.05, 4.69) is 10.2 Å². The van der Waals surface area contributed by atoms with Crippen molar-refractivity contribution in [2.75, 3.05) is 38.0 Å². The van der Waals surface area contributed by atoms with E-state index in [0.29, 0.717) is 12.2 Å². The zero-order valence-electron chi connectivity index (χ0n) is 14.5. The summed E-state index contributed by atoms with van der Waals surface area (Å²) in [6.07, 6.45) is 5.26. The summed E-state index contributed by atoms with van der Waals surface area (Å²) in [5.41, 5.74) is 0.587. The lowest BCUT2D eigenvalue weighted by Crippen LogP contribution is -2.47. The summed E-state index contributed by atoms with van der Waals surface area (Å²) in [7, 11) is 0. The van der Waals surface area contributed by atoms with Crippen LogP contribution in [0.2, 0.25) is 0 Å². The maximum Gasteiger partial charge on any atom is 0.238 e. The van der Waals surface area contributed by atoms with Crippen LogP contribution in [0.4, 0.5) is 10.1 Å². The molecule has 1 atom stereocenters. The molecule has 1 unspecified atom stereocenters. The Morgan fingerprint density at radius 3 is 2.48 bits per heavy atom. The van der Waals surface area contributed by atoms with Crippen LogP contribution >= 0.6 is 0 Å². The molecule has 2 saturated heterocycles. The quantitative estimate of drug-likeness (QED) is 0.910. The van der Waals surface area contributed by atoms with Gasteiger partial charge in [0.2, 0.25) is 11.8 Å². The van der Waals surface area contributed by atoms with E-state index in [1.165, 1.54) is 18.6 Å². The number of nitrogens with zero attached hydrogens (tertiary/aromatic N) is 2. The van der Waals surface area contributed by atoms with Crippen LogP contribution in [0.5, 0.6) is 0 Å². The van der Waals surface area contributed by atoms with Crippen LogP contribution in [0.1, 0.15) is 32.1 Å². The molecule has 136 valence electrons. The molecule has 1 aromatic carbocycles. The molecule has 6 heteroatoms. The number of nitrogens with one attached hydrogen (secondary N) is 1. The van der Waals surface area contributed by atoms with E-state index in [0.717, 1.165) is 45.3 Å². The number of rotatable bonds is 4. The maximum absolute atomic E-state index is 12.9. The third-order valence-electron chi connectivity index (χ3n) is 5.02. The molecule has 0 bridgehead atoms. The van der Waals surface area contributed by atoms with Gasteiger partial charge in [-0.05, 0) is 62.9 Å². The summed E-state index contributed by atoms with van der Waals surface area (Å²) in [5, 5.41) is 2.78. The van der Waals surface area contributed by atoms with Gasteiger partial charge in [0.1, 0.15) is 5.82 Å². The van der Waals surface area contributed by atoms with Gasteiger partial charge < -0.3 is 10.2 Å². The summed E-state index contributed by atoms with van der Waals surface area (Å²) in [5.74, 6) is -0.195. The number of anilines is 1. The van der Waals surface area contributed by atoms with Crippen molar-refractivity contribution in [2.24, 2.45) is 5.92 Å². The summed E-state index contributed by atoms with van der Waals surface area (Å²) in [4.78, 5) is 28.9. The number of carbonyl (C=O) groups excluding carboxylic acids is 2. The van der Waals surface area contributed by atoms with Crippen LogP contribution in [0.25, 0.3) is 0 Å². The van der Waals surface area contributed by atoms with E-state index in [1.54, 1.807) is 12.1 Å². The Bertz CT molecular complexity index is 599. The van der Waals surface area contributed by atoms with Gasteiger partial charge in [0.05, 0.1) is 12.5 Å². The van der Waals surface area contributed by atoms with Crippen LogP contribution < -0.4 is 5.32 Å². The molecule has 1 aromatic rings. The zero-order valence-corrected chi connectivity index (χ0v) is 14.5. The highest BCUT2D eigenvalue weighted by Gasteiger charge is 2.30.